The molecular weight excluding hydrogens is 264 g/mol. The lowest BCUT2D eigenvalue weighted by Crippen LogP contribution is -2.58. The fraction of sp³-hybridized carbons (Fsp3) is 0.588. The summed E-state index contributed by atoms with van der Waals surface area (Å²) in [7, 11) is 0. The fourth-order valence-electron chi connectivity index (χ4n) is 2.89. The molecule has 1 aromatic rings. The van der Waals surface area contributed by atoms with Gasteiger partial charge in [-0.15, -0.1) is 0 Å². The summed E-state index contributed by atoms with van der Waals surface area (Å²) in [6.07, 6.45) is 3.34. The molecule has 2 rings (SSSR count). The van der Waals surface area contributed by atoms with Gasteiger partial charge in [0.1, 0.15) is 0 Å². The third kappa shape index (κ3) is 4.29. The Bertz CT molecular complexity index is 449. The Hall–Kier alpha value is -1.39. The molecular formula is C17H26N2O2. The third-order valence-electron chi connectivity index (χ3n) is 4.11. The Balaban J connectivity index is 1.84. The highest BCUT2D eigenvalue weighted by Gasteiger charge is 2.41. The molecule has 0 bridgehead atoms. The Morgan fingerprint density at radius 2 is 2.10 bits per heavy atom. The molecule has 21 heavy (non-hydrogen) atoms. The van der Waals surface area contributed by atoms with Crippen LogP contribution >= 0.6 is 0 Å². The maximum Gasteiger partial charge on any atom is 0.255 e. The molecule has 1 amide bonds. The van der Waals surface area contributed by atoms with Gasteiger partial charge in [-0.1, -0.05) is 37.3 Å². The normalized spacial score (nSPS) is 22.6. The highest BCUT2D eigenvalue weighted by molar-refractivity contribution is 5.86. The van der Waals surface area contributed by atoms with Crippen molar-refractivity contribution in [2.45, 2.75) is 38.2 Å². The molecule has 116 valence electrons. The average molecular weight is 290 g/mol. The highest BCUT2D eigenvalue weighted by atomic mass is 16.3. The van der Waals surface area contributed by atoms with Crippen LogP contribution in [0.1, 0.15) is 31.7 Å². The molecule has 1 aliphatic heterocycles. The molecule has 0 saturated carbocycles. The number of hydrogen-bond acceptors (Lipinski definition) is 3. The maximum atomic E-state index is 12.4. The molecule has 0 spiro atoms. The van der Waals surface area contributed by atoms with Crippen molar-refractivity contribution in [3.63, 3.8) is 0 Å². The number of likely N-dealkylation sites (N-methyl/N-ethyl adjacent to an activating group) is 1. The monoisotopic (exact) mass is 290 g/mol. The SMILES string of the molecule is CCNC[C@]1(O)CCCN(CCCc2ccccc2)C1=O. The minimum Gasteiger partial charge on any atom is -0.379 e. The van der Waals surface area contributed by atoms with E-state index in [9.17, 15) is 9.90 Å². The second kappa shape index (κ2) is 7.57. The van der Waals surface area contributed by atoms with Crippen LogP contribution in [-0.4, -0.2) is 47.7 Å². The van der Waals surface area contributed by atoms with Crippen molar-refractivity contribution in [3.05, 3.63) is 35.9 Å². The number of likely N-dealkylation sites (tertiary alicyclic amines) is 1. The van der Waals surface area contributed by atoms with E-state index < -0.39 is 5.60 Å². The summed E-state index contributed by atoms with van der Waals surface area (Å²) in [6.45, 7) is 4.60. The lowest BCUT2D eigenvalue weighted by molar-refractivity contribution is -0.156. The van der Waals surface area contributed by atoms with Crippen molar-refractivity contribution < 1.29 is 9.90 Å². The summed E-state index contributed by atoms with van der Waals surface area (Å²) >= 11 is 0. The lowest BCUT2D eigenvalue weighted by atomic mass is 9.91. The van der Waals surface area contributed by atoms with Gasteiger partial charge in [0.15, 0.2) is 5.60 Å². The number of carbonyl (C=O) groups is 1. The van der Waals surface area contributed by atoms with Crippen LogP contribution in [0.25, 0.3) is 0 Å². The third-order valence-corrected chi connectivity index (χ3v) is 4.11. The quantitative estimate of drug-likeness (QED) is 0.802. The van der Waals surface area contributed by atoms with E-state index in [4.69, 9.17) is 0 Å². The van der Waals surface area contributed by atoms with E-state index in [0.717, 1.165) is 38.9 Å². The molecule has 2 N–H and O–H groups in total. The minimum atomic E-state index is -1.21. The molecule has 0 radical (unpaired) electrons. The van der Waals surface area contributed by atoms with E-state index in [1.165, 1.54) is 5.56 Å². The zero-order valence-electron chi connectivity index (χ0n) is 12.8. The van der Waals surface area contributed by atoms with Gasteiger partial charge in [0, 0.05) is 19.6 Å². The Labute approximate surface area is 127 Å². The molecule has 1 atom stereocenters. The Morgan fingerprint density at radius 1 is 1.33 bits per heavy atom. The second-order valence-corrected chi connectivity index (χ2v) is 5.80. The number of aliphatic hydroxyl groups is 1. The van der Waals surface area contributed by atoms with E-state index in [0.29, 0.717) is 13.0 Å². The van der Waals surface area contributed by atoms with Crippen molar-refractivity contribution in [2.75, 3.05) is 26.2 Å². The van der Waals surface area contributed by atoms with Gasteiger partial charge in [0.05, 0.1) is 0 Å². The maximum absolute atomic E-state index is 12.4. The van der Waals surface area contributed by atoms with Gasteiger partial charge in [-0.2, -0.15) is 0 Å². The van der Waals surface area contributed by atoms with Crippen molar-refractivity contribution in [1.29, 1.82) is 0 Å². The Kier molecular flexibility index (Phi) is 5.76. The summed E-state index contributed by atoms with van der Waals surface area (Å²) in [5, 5.41) is 13.6. The lowest BCUT2D eigenvalue weighted by Gasteiger charge is -2.38. The fourth-order valence-corrected chi connectivity index (χ4v) is 2.89. The number of nitrogens with zero attached hydrogens (tertiary/aromatic N) is 1. The zero-order valence-corrected chi connectivity index (χ0v) is 12.8. The van der Waals surface area contributed by atoms with Crippen LogP contribution in [0.2, 0.25) is 0 Å². The standard InChI is InChI=1S/C17H26N2O2/c1-2-18-14-17(21)11-7-13-19(16(17)20)12-6-10-15-8-4-3-5-9-15/h3-5,8-9,18,21H,2,6-7,10-14H2,1H3/t17-/m1/s1. The molecule has 1 saturated heterocycles. The van der Waals surface area contributed by atoms with E-state index >= 15 is 0 Å². The Morgan fingerprint density at radius 3 is 2.81 bits per heavy atom. The molecule has 0 aromatic heterocycles. The number of aryl methyl sites for hydroxylation is 1. The van der Waals surface area contributed by atoms with Crippen LogP contribution in [0.4, 0.5) is 0 Å². The number of rotatable bonds is 7. The molecule has 1 heterocycles. The van der Waals surface area contributed by atoms with Gasteiger partial charge in [-0.3, -0.25) is 4.79 Å². The number of benzene rings is 1. The smallest absolute Gasteiger partial charge is 0.255 e. The number of amides is 1. The van der Waals surface area contributed by atoms with Crippen LogP contribution in [0.5, 0.6) is 0 Å². The molecule has 4 nitrogen and oxygen atoms in total. The first-order chi connectivity index (χ1) is 10.2. The predicted molar refractivity (Wildman–Crippen MR) is 84.1 cm³/mol. The summed E-state index contributed by atoms with van der Waals surface area (Å²) in [5.74, 6) is -0.109. The van der Waals surface area contributed by atoms with Gasteiger partial charge < -0.3 is 15.3 Å². The molecule has 4 heteroatoms. The second-order valence-electron chi connectivity index (χ2n) is 5.80. The largest absolute Gasteiger partial charge is 0.379 e. The summed E-state index contributed by atoms with van der Waals surface area (Å²) in [4.78, 5) is 14.3. The van der Waals surface area contributed by atoms with Gasteiger partial charge in [0.2, 0.25) is 0 Å². The first-order valence-corrected chi connectivity index (χ1v) is 7.92. The van der Waals surface area contributed by atoms with Crippen molar-refractivity contribution >= 4 is 5.91 Å². The van der Waals surface area contributed by atoms with Crippen LogP contribution < -0.4 is 5.32 Å². The number of nitrogens with one attached hydrogen (secondary N) is 1. The first-order valence-electron chi connectivity index (χ1n) is 7.92. The average Bonchev–Trinajstić information content (AvgIpc) is 2.51. The molecule has 1 aliphatic rings. The summed E-state index contributed by atoms with van der Waals surface area (Å²) in [5.41, 5.74) is 0.0888. The van der Waals surface area contributed by atoms with E-state index in [2.05, 4.69) is 17.4 Å². The predicted octanol–water partition coefficient (Wildman–Crippen LogP) is 1.58. The van der Waals surface area contributed by atoms with Crippen LogP contribution in [0.15, 0.2) is 30.3 Å². The van der Waals surface area contributed by atoms with Crippen LogP contribution in [0.3, 0.4) is 0 Å². The van der Waals surface area contributed by atoms with E-state index in [-0.39, 0.29) is 5.91 Å². The summed E-state index contributed by atoms with van der Waals surface area (Å²) in [6, 6.07) is 10.3. The van der Waals surface area contributed by atoms with Gasteiger partial charge in [-0.25, -0.2) is 0 Å². The number of hydrogen-bond donors (Lipinski definition) is 2. The van der Waals surface area contributed by atoms with E-state index in [1.807, 2.05) is 30.0 Å². The number of carbonyl (C=O) groups excluding carboxylic acids is 1. The van der Waals surface area contributed by atoms with Crippen molar-refractivity contribution in [1.82, 2.24) is 10.2 Å². The van der Waals surface area contributed by atoms with Crippen molar-refractivity contribution in [2.24, 2.45) is 0 Å². The van der Waals surface area contributed by atoms with E-state index in [1.54, 1.807) is 0 Å². The molecule has 0 aliphatic carbocycles. The molecule has 0 unspecified atom stereocenters. The van der Waals surface area contributed by atoms with Crippen LogP contribution in [-0.2, 0) is 11.2 Å². The minimum absolute atomic E-state index is 0.109. The molecule has 1 fully saturated rings. The first kappa shape index (κ1) is 16.0. The number of piperidine rings is 1. The van der Waals surface area contributed by atoms with Crippen molar-refractivity contribution in [3.8, 4) is 0 Å². The topological polar surface area (TPSA) is 52.6 Å². The molecule has 1 aromatic carbocycles. The van der Waals surface area contributed by atoms with Gasteiger partial charge in [-0.05, 0) is 37.8 Å². The summed E-state index contributed by atoms with van der Waals surface area (Å²) < 4.78 is 0. The zero-order chi connectivity index (χ0) is 15.1. The van der Waals surface area contributed by atoms with Gasteiger partial charge >= 0.3 is 0 Å². The highest BCUT2D eigenvalue weighted by Crippen LogP contribution is 2.22. The van der Waals surface area contributed by atoms with Gasteiger partial charge in [0.25, 0.3) is 5.91 Å². The van der Waals surface area contributed by atoms with Crippen LogP contribution in [0, 0.1) is 0 Å².